The van der Waals surface area contributed by atoms with Crippen molar-refractivity contribution in [2.45, 2.75) is 43.9 Å². The lowest BCUT2D eigenvalue weighted by atomic mass is 9.48. The molecule has 1 aromatic rings. The number of hydrogen-bond acceptors (Lipinski definition) is 2. The van der Waals surface area contributed by atoms with Gasteiger partial charge in [0.2, 0.25) is 5.91 Å². The highest BCUT2D eigenvalue weighted by Crippen LogP contribution is 2.60. The molecule has 100 valence electrons. The highest BCUT2D eigenvalue weighted by Gasteiger charge is 2.52. The third-order valence-electron chi connectivity index (χ3n) is 5.63. The molecule has 1 aromatic heterocycles. The van der Waals surface area contributed by atoms with Crippen LogP contribution in [0.15, 0.2) is 18.3 Å². The van der Waals surface area contributed by atoms with Gasteiger partial charge >= 0.3 is 0 Å². The van der Waals surface area contributed by atoms with Crippen LogP contribution in [-0.4, -0.2) is 10.9 Å². The van der Waals surface area contributed by atoms with Crippen molar-refractivity contribution in [2.24, 2.45) is 23.5 Å². The van der Waals surface area contributed by atoms with E-state index in [1.54, 1.807) is 12.3 Å². The summed E-state index contributed by atoms with van der Waals surface area (Å²) in [6.07, 6.45) is 9.85. The smallest absolute Gasteiger partial charge is 0.248 e. The molecule has 0 aliphatic heterocycles. The molecule has 4 saturated carbocycles. The largest absolute Gasteiger partial charge is 0.366 e. The molecule has 3 nitrogen and oxygen atoms in total. The van der Waals surface area contributed by atoms with Crippen LogP contribution in [0.1, 0.15) is 54.6 Å². The van der Waals surface area contributed by atoms with E-state index in [-0.39, 0.29) is 11.3 Å². The second kappa shape index (κ2) is 3.81. The minimum atomic E-state index is -0.339. The van der Waals surface area contributed by atoms with Crippen LogP contribution in [0.4, 0.5) is 0 Å². The predicted molar refractivity (Wildman–Crippen MR) is 72.6 cm³/mol. The zero-order chi connectivity index (χ0) is 13.0. The van der Waals surface area contributed by atoms with Crippen LogP contribution < -0.4 is 5.73 Å². The fraction of sp³-hybridized carbons (Fsp3) is 0.625. The molecule has 4 fully saturated rings. The first-order valence-electron chi connectivity index (χ1n) is 7.41. The third kappa shape index (κ3) is 1.71. The van der Waals surface area contributed by atoms with E-state index in [2.05, 4.69) is 4.98 Å². The normalized spacial score (nSPS) is 39.5. The van der Waals surface area contributed by atoms with E-state index in [9.17, 15) is 4.79 Å². The van der Waals surface area contributed by atoms with Crippen molar-refractivity contribution in [3.63, 3.8) is 0 Å². The molecule has 0 spiro atoms. The SMILES string of the molecule is NC(=O)c1ccnc(C23CC4CC(CC(C4)C2)C3)c1. The number of primary amides is 1. The van der Waals surface area contributed by atoms with E-state index < -0.39 is 0 Å². The lowest BCUT2D eigenvalue weighted by Crippen LogP contribution is -2.49. The van der Waals surface area contributed by atoms with Crippen LogP contribution in [0.25, 0.3) is 0 Å². The van der Waals surface area contributed by atoms with E-state index in [0.717, 1.165) is 23.4 Å². The van der Waals surface area contributed by atoms with E-state index in [4.69, 9.17) is 5.73 Å². The van der Waals surface area contributed by atoms with Gasteiger partial charge in [0.1, 0.15) is 0 Å². The molecule has 4 aliphatic carbocycles. The van der Waals surface area contributed by atoms with Crippen molar-refractivity contribution in [2.75, 3.05) is 0 Å². The fourth-order valence-electron chi connectivity index (χ4n) is 5.30. The molecule has 1 heterocycles. The van der Waals surface area contributed by atoms with Crippen LogP contribution in [-0.2, 0) is 5.41 Å². The third-order valence-corrected chi connectivity index (χ3v) is 5.63. The first kappa shape index (κ1) is 11.4. The Morgan fingerprint density at radius 3 is 2.26 bits per heavy atom. The Labute approximate surface area is 113 Å². The van der Waals surface area contributed by atoms with Crippen LogP contribution in [0, 0.1) is 17.8 Å². The van der Waals surface area contributed by atoms with Gasteiger partial charge in [0.05, 0.1) is 0 Å². The Hall–Kier alpha value is -1.38. The maximum absolute atomic E-state index is 11.4. The molecule has 0 atom stereocenters. The standard InChI is InChI=1S/C16H20N2O/c17-15(19)13-1-2-18-14(6-13)16-7-10-3-11(8-16)5-12(4-10)9-16/h1-2,6,10-12H,3-5,7-9H2,(H2,17,19). The maximum atomic E-state index is 11.4. The van der Waals surface area contributed by atoms with E-state index in [0.29, 0.717) is 5.56 Å². The lowest BCUT2D eigenvalue weighted by molar-refractivity contribution is -0.00721. The molecule has 3 heteroatoms. The second-order valence-electron chi connectivity index (χ2n) is 6.99. The summed E-state index contributed by atoms with van der Waals surface area (Å²) in [6.45, 7) is 0. The zero-order valence-corrected chi connectivity index (χ0v) is 11.1. The van der Waals surface area contributed by atoms with Gasteiger partial charge in [0.15, 0.2) is 0 Å². The van der Waals surface area contributed by atoms with Gasteiger partial charge < -0.3 is 5.73 Å². The molecule has 2 N–H and O–H groups in total. The Kier molecular flexibility index (Phi) is 2.30. The summed E-state index contributed by atoms with van der Waals surface area (Å²) in [5.41, 5.74) is 7.40. The number of carbonyl (C=O) groups is 1. The van der Waals surface area contributed by atoms with Gasteiger partial charge in [-0.25, -0.2) is 0 Å². The Balaban J connectivity index is 1.75. The molecule has 0 aromatic carbocycles. The number of carbonyl (C=O) groups excluding carboxylic acids is 1. The van der Waals surface area contributed by atoms with Crippen molar-refractivity contribution >= 4 is 5.91 Å². The molecule has 19 heavy (non-hydrogen) atoms. The van der Waals surface area contributed by atoms with Crippen molar-refractivity contribution in [3.05, 3.63) is 29.6 Å². The van der Waals surface area contributed by atoms with Crippen molar-refractivity contribution in [1.82, 2.24) is 4.98 Å². The van der Waals surface area contributed by atoms with Crippen LogP contribution in [0.2, 0.25) is 0 Å². The molecular weight excluding hydrogens is 236 g/mol. The number of amides is 1. The van der Waals surface area contributed by atoms with Crippen molar-refractivity contribution in [1.29, 1.82) is 0 Å². The quantitative estimate of drug-likeness (QED) is 0.884. The number of pyridine rings is 1. The summed E-state index contributed by atoms with van der Waals surface area (Å²) in [7, 11) is 0. The van der Waals surface area contributed by atoms with Gasteiger partial charge in [0.25, 0.3) is 0 Å². The van der Waals surface area contributed by atoms with E-state index in [1.165, 1.54) is 38.5 Å². The number of rotatable bonds is 2. The van der Waals surface area contributed by atoms with Gasteiger partial charge in [0, 0.05) is 22.9 Å². The molecule has 0 unspecified atom stereocenters. The van der Waals surface area contributed by atoms with Gasteiger partial charge in [-0.05, 0) is 68.4 Å². The average molecular weight is 256 g/mol. The average Bonchev–Trinajstić information content (AvgIpc) is 2.37. The number of aromatic nitrogens is 1. The van der Waals surface area contributed by atoms with Gasteiger partial charge in [-0.1, -0.05) is 0 Å². The minimum absolute atomic E-state index is 0.250. The summed E-state index contributed by atoms with van der Waals surface area (Å²) in [5.74, 6) is 2.34. The Morgan fingerprint density at radius 1 is 1.16 bits per heavy atom. The first-order valence-corrected chi connectivity index (χ1v) is 7.41. The monoisotopic (exact) mass is 256 g/mol. The molecule has 4 aliphatic rings. The fourth-order valence-corrected chi connectivity index (χ4v) is 5.30. The predicted octanol–water partition coefficient (Wildman–Crippen LogP) is 2.65. The number of nitrogens with two attached hydrogens (primary N) is 1. The summed E-state index contributed by atoms with van der Waals surface area (Å²) < 4.78 is 0. The van der Waals surface area contributed by atoms with Crippen molar-refractivity contribution < 1.29 is 4.79 Å². The molecule has 4 bridgehead atoms. The van der Waals surface area contributed by atoms with Gasteiger partial charge in [-0.15, -0.1) is 0 Å². The molecule has 0 saturated heterocycles. The second-order valence-corrected chi connectivity index (χ2v) is 6.99. The lowest BCUT2D eigenvalue weighted by Gasteiger charge is -2.56. The summed E-state index contributed by atoms with van der Waals surface area (Å²) >= 11 is 0. The van der Waals surface area contributed by atoms with Gasteiger partial charge in [-0.3, -0.25) is 9.78 Å². The number of hydrogen-bond donors (Lipinski definition) is 1. The highest BCUT2D eigenvalue weighted by molar-refractivity contribution is 5.92. The van der Waals surface area contributed by atoms with Gasteiger partial charge in [-0.2, -0.15) is 0 Å². The first-order chi connectivity index (χ1) is 9.14. The van der Waals surface area contributed by atoms with E-state index >= 15 is 0 Å². The van der Waals surface area contributed by atoms with Crippen molar-refractivity contribution in [3.8, 4) is 0 Å². The van der Waals surface area contributed by atoms with Crippen LogP contribution in [0.3, 0.4) is 0 Å². The molecule has 5 rings (SSSR count). The topological polar surface area (TPSA) is 56.0 Å². The zero-order valence-electron chi connectivity index (χ0n) is 11.1. The minimum Gasteiger partial charge on any atom is -0.366 e. The summed E-state index contributed by atoms with van der Waals surface area (Å²) in [4.78, 5) is 16.0. The molecule has 1 amide bonds. The Bertz CT molecular complexity index is 502. The van der Waals surface area contributed by atoms with E-state index in [1.807, 2.05) is 6.07 Å². The molecular formula is C16H20N2O. The van der Waals surface area contributed by atoms with Crippen LogP contribution in [0.5, 0.6) is 0 Å². The summed E-state index contributed by atoms with van der Waals surface area (Å²) in [6, 6.07) is 3.68. The molecule has 0 radical (unpaired) electrons. The maximum Gasteiger partial charge on any atom is 0.248 e. The summed E-state index contributed by atoms with van der Waals surface area (Å²) in [5, 5.41) is 0. The highest BCUT2D eigenvalue weighted by atomic mass is 16.1. The van der Waals surface area contributed by atoms with Crippen LogP contribution >= 0.6 is 0 Å². The number of nitrogens with zero attached hydrogens (tertiary/aromatic N) is 1. The Morgan fingerprint density at radius 2 is 1.74 bits per heavy atom.